The fourth-order valence-corrected chi connectivity index (χ4v) is 4.70. The lowest BCUT2D eigenvalue weighted by Gasteiger charge is -2.33. The number of fused-ring (bicyclic) bond motifs is 1. The van der Waals surface area contributed by atoms with E-state index >= 15 is 0 Å². The predicted molar refractivity (Wildman–Crippen MR) is 118 cm³/mol. The maximum absolute atomic E-state index is 5.99. The molecule has 0 saturated carbocycles. The number of piperidine rings is 1. The number of nitrogens with zero attached hydrogens (tertiary/aromatic N) is 2. The molecule has 5 heteroatoms. The quantitative estimate of drug-likeness (QED) is 0.664. The van der Waals surface area contributed by atoms with E-state index in [-0.39, 0.29) is 0 Å². The van der Waals surface area contributed by atoms with Crippen LogP contribution in [0.15, 0.2) is 48.8 Å². The number of aromatic nitrogens is 2. The van der Waals surface area contributed by atoms with Crippen molar-refractivity contribution in [2.24, 2.45) is 5.92 Å². The standard InChI is InChI=1S/C24H30N4O/c1-2-6-24-19(4-1)13-21(27-24)12-18-7-10-28(11-8-18)22-14-23(16-25-15-22)29-17-20-5-3-9-26-20/h1-2,4,6,13-16,18,20,26-27H,3,5,7-12,17H2/t20-/m0/s1. The lowest BCUT2D eigenvalue weighted by Crippen LogP contribution is -2.34. The molecule has 152 valence electrons. The van der Waals surface area contributed by atoms with E-state index in [1.54, 1.807) is 0 Å². The number of aromatic amines is 1. The van der Waals surface area contributed by atoms with E-state index in [0.29, 0.717) is 6.04 Å². The molecule has 2 aliphatic rings. The Bertz CT molecular complexity index is 906. The van der Waals surface area contributed by atoms with Gasteiger partial charge in [0.2, 0.25) is 0 Å². The van der Waals surface area contributed by atoms with E-state index in [4.69, 9.17) is 4.74 Å². The summed E-state index contributed by atoms with van der Waals surface area (Å²) in [5, 5.41) is 4.79. The summed E-state index contributed by atoms with van der Waals surface area (Å²) in [6.07, 6.45) is 9.83. The molecule has 0 spiro atoms. The molecule has 2 fully saturated rings. The van der Waals surface area contributed by atoms with E-state index in [0.717, 1.165) is 44.3 Å². The fourth-order valence-electron chi connectivity index (χ4n) is 4.70. The topological polar surface area (TPSA) is 53.2 Å². The second kappa shape index (κ2) is 8.46. The number of H-pyrrole nitrogens is 1. The van der Waals surface area contributed by atoms with Crippen LogP contribution in [0.2, 0.25) is 0 Å². The molecule has 0 bridgehead atoms. The average molecular weight is 391 g/mol. The minimum Gasteiger partial charge on any atom is -0.490 e. The summed E-state index contributed by atoms with van der Waals surface area (Å²) in [5.41, 5.74) is 3.80. The third kappa shape index (κ3) is 4.40. The van der Waals surface area contributed by atoms with Crippen molar-refractivity contribution in [3.63, 3.8) is 0 Å². The van der Waals surface area contributed by atoms with Gasteiger partial charge in [0.1, 0.15) is 12.4 Å². The molecule has 1 aromatic carbocycles. The van der Waals surface area contributed by atoms with Gasteiger partial charge in [-0.3, -0.25) is 4.98 Å². The first-order chi connectivity index (χ1) is 14.3. The van der Waals surface area contributed by atoms with Gasteiger partial charge in [-0.2, -0.15) is 0 Å². The van der Waals surface area contributed by atoms with Gasteiger partial charge >= 0.3 is 0 Å². The maximum atomic E-state index is 5.99. The number of pyridine rings is 1. The lowest BCUT2D eigenvalue weighted by atomic mass is 9.92. The zero-order valence-corrected chi connectivity index (χ0v) is 16.9. The Morgan fingerprint density at radius 3 is 2.79 bits per heavy atom. The molecule has 29 heavy (non-hydrogen) atoms. The van der Waals surface area contributed by atoms with Crippen LogP contribution >= 0.6 is 0 Å². The maximum Gasteiger partial charge on any atom is 0.139 e. The number of ether oxygens (including phenoxy) is 1. The first-order valence-electron chi connectivity index (χ1n) is 11.0. The van der Waals surface area contributed by atoms with Crippen LogP contribution in [0.5, 0.6) is 5.75 Å². The van der Waals surface area contributed by atoms with Crippen molar-refractivity contribution in [2.45, 2.75) is 38.1 Å². The summed E-state index contributed by atoms with van der Waals surface area (Å²) in [4.78, 5) is 10.5. The number of hydrogen-bond donors (Lipinski definition) is 2. The summed E-state index contributed by atoms with van der Waals surface area (Å²) < 4.78 is 5.99. The summed E-state index contributed by atoms with van der Waals surface area (Å²) in [6, 6.07) is 13.5. The van der Waals surface area contributed by atoms with Crippen molar-refractivity contribution < 1.29 is 4.74 Å². The van der Waals surface area contributed by atoms with Crippen LogP contribution in [-0.4, -0.2) is 42.3 Å². The molecule has 2 saturated heterocycles. The van der Waals surface area contributed by atoms with Gasteiger partial charge in [-0.05, 0) is 62.1 Å². The molecule has 1 atom stereocenters. The third-order valence-electron chi connectivity index (χ3n) is 6.39. The molecule has 0 aliphatic carbocycles. The molecule has 2 N–H and O–H groups in total. The monoisotopic (exact) mass is 390 g/mol. The van der Waals surface area contributed by atoms with Gasteiger partial charge in [-0.15, -0.1) is 0 Å². The smallest absolute Gasteiger partial charge is 0.139 e. The SMILES string of the molecule is c1ccc2[nH]c(CC3CCN(c4cncc(OC[C@@H]5CCCN5)c4)CC3)cc2c1. The highest BCUT2D eigenvalue weighted by molar-refractivity contribution is 5.80. The zero-order valence-electron chi connectivity index (χ0n) is 16.9. The van der Waals surface area contributed by atoms with Crippen LogP contribution < -0.4 is 15.0 Å². The van der Waals surface area contributed by atoms with E-state index < -0.39 is 0 Å². The van der Waals surface area contributed by atoms with E-state index in [1.807, 2.05) is 12.4 Å². The van der Waals surface area contributed by atoms with Crippen molar-refractivity contribution in [1.29, 1.82) is 0 Å². The highest BCUT2D eigenvalue weighted by Crippen LogP contribution is 2.28. The molecule has 0 radical (unpaired) electrons. The molecule has 0 unspecified atom stereocenters. The van der Waals surface area contributed by atoms with E-state index in [1.165, 1.54) is 48.0 Å². The molecule has 2 aromatic heterocycles. The normalized spacial score (nSPS) is 20.4. The van der Waals surface area contributed by atoms with Crippen LogP contribution in [-0.2, 0) is 6.42 Å². The van der Waals surface area contributed by atoms with Gasteiger partial charge < -0.3 is 19.9 Å². The average Bonchev–Trinajstić information content (AvgIpc) is 3.42. The van der Waals surface area contributed by atoms with Gasteiger partial charge in [0.05, 0.1) is 18.1 Å². The van der Waals surface area contributed by atoms with Crippen molar-refractivity contribution in [2.75, 3.05) is 31.1 Å². The first-order valence-corrected chi connectivity index (χ1v) is 11.0. The lowest BCUT2D eigenvalue weighted by molar-refractivity contribution is 0.276. The molecule has 5 rings (SSSR count). The Labute approximate surface area is 172 Å². The van der Waals surface area contributed by atoms with Crippen LogP contribution in [0.25, 0.3) is 10.9 Å². The predicted octanol–water partition coefficient (Wildman–Crippen LogP) is 4.15. The van der Waals surface area contributed by atoms with Gasteiger partial charge in [0.15, 0.2) is 0 Å². The minimum absolute atomic E-state index is 0.485. The zero-order chi connectivity index (χ0) is 19.5. The summed E-state index contributed by atoms with van der Waals surface area (Å²) >= 11 is 0. The highest BCUT2D eigenvalue weighted by atomic mass is 16.5. The third-order valence-corrected chi connectivity index (χ3v) is 6.39. The Kier molecular flexibility index (Phi) is 5.39. The van der Waals surface area contributed by atoms with Crippen LogP contribution in [0, 0.1) is 5.92 Å². The van der Waals surface area contributed by atoms with E-state index in [9.17, 15) is 0 Å². The van der Waals surface area contributed by atoms with Crippen LogP contribution in [0.1, 0.15) is 31.4 Å². The number of rotatable bonds is 6. The summed E-state index contributed by atoms with van der Waals surface area (Å²) in [6.45, 7) is 4.01. The van der Waals surface area contributed by atoms with Crippen LogP contribution in [0.4, 0.5) is 5.69 Å². The van der Waals surface area contributed by atoms with E-state index in [2.05, 4.69) is 56.6 Å². The van der Waals surface area contributed by atoms with Gasteiger partial charge in [0.25, 0.3) is 0 Å². The van der Waals surface area contributed by atoms with Crippen LogP contribution in [0.3, 0.4) is 0 Å². The van der Waals surface area contributed by atoms with Gasteiger partial charge in [0, 0.05) is 36.4 Å². The minimum atomic E-state index is 0.485. The molecular weight excluding hydrogens is 360 g/mol. The number of hydrogen-bond acceptors (Lipinski definition) is 4. The fraction of sp³-hybridized carbons (Fsp3) is 0.458. The molecule has 3 aromatic rings. The highest BCUT2D eigenvalue weighted by Gasteiger charge is 2.21. The summed E-state index contributed by atoms with van der Waals surface area (Å²) in [7, 11) is 0. The molecule has 5 nitrogen and oxygen atoms in total. The molecule has 4 heterocycles. The number of nitrogens with one attached hydrogen (secondary N) is 2. The Morgan fingerprint density at radius 2 is 1.97 bits per heavy atom. The van der Waals surface area contributed by atoms with Crippen molar-refractivity contribution in [3.05, 3.63) is 54.5 Å². The largest absolute Gasteiger partial charge is 0.490 e. The molecular formula is C24H30N4O. The molecule has 2 aliphatic heterocycles. The second-order valence-corrected chi connectivity index (χ2v) is 8.50. The number of benzene rings is 1. The van der Waals surface area contributed by atoms with Gasteiger partial charge in [-0.25, -0.2) is 0 Å². The first kappa shape index (κ1) is 18.5. The van der Waals surface area contributed by atoms with Crippen molar-refractivity contribution >= 4 is 16.6 Å². The van der Waals surface area contributed by atoms with Gasteiger partial charge in [-0.1, -0.05) is 18.2 Å². The number of anilines is 1. The Hall–Kier alpha value is -2.53. The van der Waals surface area contributed by atoms with Crippen molar-refractivity contribution in [1.82, 2.24) is 15.3 Å². The Morgan fingerprint density at radius 1 is 1.07 bits per heavy atom. The number of para-hydroxylation sites is 1. The molecule has 0 amide bonds. The Balaban J connectivity index is 1.15. The van der Waals surface area contributed by atoms with Crippen molar-refractivity contribution in [3.8, 4) is 5.75 Å². The second-order valence-electron chi connectivity index (χ2n) is 8.50. The summed E-state index contributed by atoms with van der Waals surface area (Å²) in [5.74, 6) is 1.62.